The van der Waals surface area contributed by atoms with E-state index in [4.69, 9.17) is 11.6 Å². The Morgan fingerprint density at radius 3 is 2.94 bits per heavy atom. The minimum atomic E-state index is 0.125. The number of carbonyl (C=O) groups is 1. The van der Waals surface area contributed by atoms with Gasteiger partial charge < -0.3 is 0 Å². The number of aryl methyl sites for hydroxylation is 2. The summed E-state index contributed by atoms with van der Waals surface area (Å²) in [6.45, 7) is 4.65. The Hall–Kier alpha value is -0.130. The lowest BCUT2D eigenvalue weighted by Crippen LogP contribution is -2.26. The molecule has 0 bridgehead atoms. The highest BCUT2D eigenvalue weighted by molar-refractivity contribution is 8.07. The Morgan fingerprint density at radius 1 is 1.56 bits per heavy atom. The normalized spacial score (nSPS) is 20.1. The molecule has 2 heterocycles. The molecule has 18 heavy (non-hydrogen) atoms. The van der Waals surface area contributed by atoms with Gasteiger partial charge in [0.1, 0.15) is 0 Å². The SMILES string of the molecule is CCn1nc(C)c(Cl)c1CC(=O)C1CSCCS1. The first kappa shape index (κ1) is 14.3. The summed E-state index contributed by atoms with van der Waals surface area (Å²) in [5.41, 5.74) is 1.69. The number of ketones is 1. The third kappa shape index (κ3) is 3.06. The molecule has 1 fully saturated rings. The zero-order valence-corrected chi connectivity index (χ0v) is 13.0. The lowest BCUT2D eigenvalue weighted by Gasteiger charge is -2.19. The molecule has 0 N–H and O–H groups in total. The Morgan fingerprint density at radius 2 is 2.33 bits per heavy atom. The average Bonchev–Trinajstić information content (AvgIpc) is 2.67. The van der Waals surface area contributed by atoms with Crippen LogP contribution in [0.2, 0.25) is 5.02 Å². The number of halogens is 1. The van der Waals surface area contributed by atoms with Gasteiger partial charge in [0.25, 0.3) is 0 Å². The molecule has 1 saturated heterocycles. The first-order valence-electron chi connectivity index (χ1n) is 6.07. The van der Waals surface area contributed by atoms with Crippen molar-refractivity contribution in [2.75, 3.05) is 17.3 Å². The molecule has 1 aliphatic rings. The van der Waals surface area contributed by atoms with Crippen molar-refractivity contribution >= 4 is 40.9 Å². The van der Waals surface area contributed by atoms with Crippen molar-refractivity contribution in [3.05, 3.63) is 16.4 Å². The highest BCUT2D eigenvalue weighted by Gasteiger charge is 2.25. The van der Waals surface area contributed by atoms with Crippen LogP contribution in [0.5, 0.6) is 0 Å². The lowest BCUT2D eigenvalue weighted by atomic mass is 10.1. The summed E-state index contributed by atoms with van der Waals surface area (Å²) in [6, 6.07) is 0. The maximum absolute atomic E-state index is 12.3. The average molecular weight is 305 g/mol. The molecule has 1 aliphatic heterocycles. The molecule has 0 spiro atoms. The molecule has 6 heteroatoms. The van der Waals surface area contributed by atoms with Crippen molar-refractivity contribution in [3.63, 3.8) is 0 Å². The topological polar surface area (TPSA) is 34.9 Å². The summed E-state index contributed by atoms with van der Waals surface area (Å²) >= 11 is 9.87. The molecule has 2 rings (SSSR count). The molecule has 3 nitrogen and oxygen atoms in total. The lowest BCUT2D eigenvalue weighted by molar-refractivity contribution is -0.117. The van der Waals surface area contributed by atoms with Gasteiger partial charge in [-0.1, -0.05) is 11.6 Å². The second kappa shape index (κ2) is 6.35. The molecule has 0 amide bonds. The van der Waals surface area contributed by atoms with Crippen molar-refractivity contribution in [1.29, 1.82) is 0 Å². The third-order valence-corrected chi connectivity index (χ3v) is 6.26. The number of nitrogens with zero attached hydrogens (tertiary/aromatic N) is 2. The van der Waals surface area contributed by atoms with E-state index in [0.29, 0.717) is 11.4 Å². The number of hydrogen-bond donors (Lipinski definition) is 0. The fourth-order valence-corrected chi connectivity index (χ4v) is 4.84. The van der Waals surface area contributed by atoms with Crippen LogP contribution in [-0.2, 0) is 17.8 Å². The number of aromatic nitrogens is 2. The molecular formula is C12H17ClN2OS2. The first-order chi connectivity index (χ1) is 8.63. The van der Waals surface area contributed by atoms with Gasteiger partial charge in [0.15, 0.2) is 5.78 Å². The van der Waals surface area contributed by atoms with Gasteiger partial charge in [0.05, 0.1) is 28.1 Å². The second-order valence-electron chi connectivity index (χ2n) is 4.24. The van der Waals surface area contributed by atoms with E-state index in [1.54, 1.807) is 11.8 Å². The Labute approximate surface area is 121 Å². The van der Waals surface area contributed by atoms with E-state index >= 15 is 0 Å². The summed E-state index contributed by atoms with van der Waals surface area (Å²) < 4.78 is 1.84. The molecule has 0 saturated carbocycles. The summed E-state index contributed by atoms with van der Waals surface area (Å²) in [6.07, 6.45) is 0.408. The van der Waals surface area contributed by atoms with E-state index in [1.165, 1.54) is 0 Å². The van der Waals surface area contributed by atoms with Crippen LogP contribution in [0.15, 0.2) is 0 Å². The zero-order chi connectivity index (χ0) is 13.1. The van der Waals surface area contributed by atoms with Crippen LogP contribution in [0.25, 0.3) is 0 Å². The maximum Gasteiger partial charge on any atom is 0.152 e. The van der Waals surface area contributed by atoms with Gasteiger partial charge in [-0.15, -0.1) is 11.8 Å². The van der Waals surface area contributed by atoms with Crippen molar-refractivity contribution in [2.45, 2.75) is 32.1 Å². The standard InChI is InChI=1S/C12H17ClN2OS2/c1-3-15-9(12(13)8(2)14-15)6-10(16)11-7-17-4-5-18-11/h11H,3-7H2,1-2H3. The Bertz CT molecular complexity index is 442. The summed E-state index contributed by atoms with van der Waals surface area (Å²) in [7, 11) is 0. The molecular weight excluding hydrogens is 288 g/mol. The van der Waals surface area contributed by atoms with E-state index < -0.39 is 0 Å². The highest BCUT2D eigenvalue weighted by atomic mass is 35.5. The van der Waals surface area contributed by atoms with Crippen molar-refractivity contribution in [1.82, 2.24) is 9.78 Å². The summed E-state index contributed by atoms with van der Waals surface area (Å²) in [5, 5.41) is 5.12. The van der Waals surface area contributed by atoms with E-state index in [-0.39, 0.29) is 11.0 Å². The molecule has 0 aliphatic carbocycles. The summed E-state index contributed by atoms with van der Waals surface area (Å²) in [4.78, 5) is 12.3. The fraction of sp³-hybridized carbons (Fsp3) is 0.667. The maximum atomic E-state index is 12.3. The van der Waals surface area contributed by atoms with Crippen LogP contribution in [0.1, 0.15) is 18.3 Å². The van der Waals surface area contributed by atoms with Gasteiger partial charge in [-0.2, -0.15) is 16.9 Å². The van der Waals surface area contributed by atoms with Gasteiger partial charge in [0.2, 0.25) is 0 Å². The molecule has 100 valence electrons. The van der Waals surface area contributed by atoms with E-state index in [2.05, 4.69) is 5.10 Å². The van der Waals surface area contributed by atoms with Crippen molar-refractivity contribution in [2.24, 2.45) is 0 Å². The second-order valence-corrected chi connectivity index (χ2v) is 7.08. The van der Waals surface area contributed by atoms with Gasteiger partial charge in [-0.25, -0.2) is 0 Å². The van der Waals surface area contributed by atoms with Crippen molar-refractivity contribution < 1.29 is 4.79 Å². The third-order valence-electron chi connectivity index (χ3n) is 2.97. The minimum absolute atomic E-state index is 0.125. The van der Waals surface area contributed by atoms with Crippen LogP contribution in [0.4, 0.5) is 0 Å². The molecule has 1 aromatic rings. The quantitative estimate of drug-likeness (QED) is 0.857. The monoisotopic (exact) mass is 304 g/mol. The molecule has 0 aromatic carbocycles. The predicted octanol–water partition coefficient (Wildman–Crippen LogP) is 2.83. The predicted molar refractivity (Wildman–Crippen MR) is 79.9 cm³/mol. The van der Waals surface area contributed by atoms with Gasteiger partial charge in [-0.05, 0) is 13.8 Å². The van der Waals surface area contributed by atoms with Gasteiger partial charge in [0, 0.05) is 23.8 Å². The molecule has 0 radical (unpaired) electrons. The number of carbonyl (C=O) groups excluding carboxylic acids is 1. The minimum Gasteiger partial charge on any atom is -0.298 e. The van der Waals surface area contributed by atoms with Crippen molar-refractivity contribution in [3.8, 4) is 0 Å². The van der Waals surface area contributed by atoms with Gasteiger partial charge >= 0.3 is 0 Å². The van der Waals surface area contributed by atoms with Gasteiger partial charge in [-0.3, -0.25) is 9.48 Å². The van der Waals surface area contributed by atoms with E-state index in [9.17, 15) is 4.79 Å². The zero-order valence-electron chi connectivity index (χ0n) is 10.6. The Kier molecular flexibility index (Phi) is 5.04. The summed E-state index contributed by atoms with van der Waals surface area (Å²) in [5.74, 6) is 3.44. The fourth-order valence-electron chi connectivity index (χ4n) is 1.99. The van der Waals surface area contributed by atoms with Crippen LogP contribution < -0.4 is 0 Å². The number of Topliss-reactive ketones (excluding diaryl/α,β-unsaturated/α-hetero) is 1. The van der Waals surface area contributed by atoms with E-state index in [1.807, 2.05) is 30.3 Å². The van der Waals surface area contributed by atoms with Crippen LogP contribution >= 0.6 is 35.1 Å². The van der Waals surface area contributed by atoms with Crippen LogP contribution in [0, 0.1) is 6.92 Å². The molecule has 1 aromatic heterocycles. The molecule has 1 unspecified atom stereocenters. The van der Waals surface area contributed by atoms with Crippen LogP contribution in [0.3, 0.4) is 0 Å². The Balaban J connectivity index is 2.10. The molecule has 1 atom stereocenters. The first-order valence-corrected chi connectivity index (χ1v) is 8.65. The smallest absolute Gasteiger partial charge is 0.152 e. The van der Waals surface area contributed by atoms with E-state index in [0.717, 1.165) is 35.2 Å². The highest BCUT2D eigenvalue weighted by Crippen LogP contribution is 2.27. The number of hydrogen-bond acceptors (Lipinski definition) is 4. The van der Waals surface area contributed by atoms with Crippen LogP contribution in [-0.4, -0.2) is 38.1 Å². The number of thioether (sulfide) groups is 2. The number of rotatable bonds is 4. The largest absolute Gasteiger partial charge is 0.298 e.